The number of pyridine rings is 1. The highest BCUT2D eigenvalue weighted by Crippen LogP contribution is 2.25. The summed E-state index contributed by atoms with van der Waals surface area (Å²) in [4.78, 5) is 23.1. The number of aromatic nitrogens is 1. The van der Waals surface area contributed by atoms with Gasteiger partial charge in [0.15, 0.2) is 11.2 Å². The molecule has 0 unspecified atom stereocenters. The molecule has 0 aliphatic heterocycles. The van der Waals surface area contributed by atoms with Crippen molar-refractivity contribution in [3.8, 4) is 5.69 Å². The lowest BCUT2D eigenvalue weighted by atomic mass is 10.1. The van der Waals surface area contributed by atoms with Crippen LogP contribution in [-0.2, 0) is 0 Å². The summed E-state index contributed by atoms with van der Waals surface area (Å²) in [6.07, 6.45) is 1.51. The zero-order chi connectivity index (χ0) is 14.2. The van der Waals surface area contributed by atoms with Crippen molar-refractivity contribution in [2.45, 2.75) is 13.8 Å². The Balaban J connectivity index is 2.71. The van der Waals surface area contributed by atoms with Gasteiger partial charge in [-0.3, -0.25) is 9.59 Å². The minimum Gasteiger partial charge on any atom is -0.319 e. The number of benzene rings is 1. The molecular weight excluding hydrogens is 285 g/mol. The topological polar surface area (TPSA) is 39.1 Å². The molecule has 0 aliphatic carbocycles. The molecular formula is C14H11Cl2NO2. The molecule has 0 fully saturated rings. The second-order valence-electron chi connectivity index (χ2n) is 4.21. The van der Waals surface area contributed by atoms with E-state index in [0.717, 1.165) is 0 Å². The minimum absolute atomic E-state index is 0.136. The lowest BCUT2D eigenvalue weighted by Crippen LogP contribution is -2.17. The first kappa shape index (κ1) is 13.8. The van der Waals surface area contributed by atoms with Crippen molar-refractivity contribution in [3.63, 3.8) is 0 Å². The number of halogens is 2. The van der Waals surface area contributed by atoms with Gasteiger partial charge in [-0.2, -0.15) is 0 Å². The lowest BCUT2D eigenvalue weighted by Gasteiger charge is -2.13. The molecule has 1 aromatic heterocycles. The van der Waals surface area contributed by atoms with Crippen LogP contribution in [0.5, 0.6) is 0 Å². The fraction of sp³-hybridized carbons (Fsp3) is 0.143. The van der Waals surface area contributed by atoms with Crippen LogP contribution >= 0.6 is 23.2 Å². The van der Waals surface area contributed by atoms with Crippen molar-refractivity contribution in [2.75, 3.05) is 0 Å². The Morgan fingerprint density at radius 3 is 2.47 bits per heavy atom. The standard InChI is InChI=1S/C14H11Cl2NO2/c1-8-5-14(19)11(9(2)18)7-17(8)13-4-3-10(15)6-12(13)16/h3-7H,1-2H3. The van der Waals surface area contributed by atoms with Gasteiger partial charge in [0.2, 0.25) is 0 Å². The largest absolute Gasteiger partial charge is 0.319 e. The van der Waals surface area contributed by atoms with Crippen molar-refractivity contribution in [1.82, 2.24) is 4.57 Å². The predicted octanol–water partition coefficient (Wildman–Crippen LogP) is 3.66. The van der Waals surface area contributed by atoms with E-state index >= 15 is 0 Å². The van der Waals surface area contributed by atoms with Gasteiger partial charge in [-0.05, 0) is 32.0 Å². The monoisotopic (exact) mass is 295 g/mol. The van der Waals surface area contributed by atoms with Crippen LogP contribution in [0.15, 0.2) is 35.3 Å². The number of rotatable bonds is 2. The van der Waals surface area contributed by atoms with Crippen molar-refractivity contribution < 1.29 is 4.79 Å². The number of carbonyl (C=O) groups excluding carboxylic acids is 1. The number of nitrogens with zero attached hydrogens (tertiary/aromatic N) is 1. The van der Waals surface area contributed by atoms with Gasteiger partial charge < -0.3 is 4.57 Å². The van der Waals surface area contributed by atoms with E-state index in [9.17, 15) is 9.59 Å². The molecule has 3 nitrogen and oxygen atoms in total. The summed E-state index contributed by atoms with van der Waals surface area (Å²) in [5, 5.41) is 0.980. The molecule has 98 valence electrons. The Hall–Kier alpha value is -1.58. The molecule has 0 bridgehead atoms. The van der Waals surface area contributed by atoms with E-state index in [1.54, 1.807) is 29.7 Å². The molecule has 0 spiro atoms. The van der Waals surface area contributed by atoms with Gasteiger partial charge in [0.1, 0.15) is 0 Å². The number of carbonyl (C=O) groups is 1. The maximum atomic E-state index is 11.7. The first-order valence-corrected chi connectivity index (χ1v) is 6.35. The molecule has 2 rings (SSSR count). The van der Waals surface area contributed by atoms with E-state index in [0.29, 0.717) is 21.4 Å². The van der Waals surface area contributed by atoms with Gasteiger partial charge >= 0.3 is 0 Å². The highest BCUT2D eigenvalue weighted by Gasteiger charge is 2.11. The highest BCUT2D eigenvalue weighted by molar-refractivity contribution is 6.35. The third-order valence-corrected chi connectivity index (χ3v) is 3.33. The number of ketones is 1. The second-order valence-corrected chi connectivity index (χ2v) is 5.06. The fourth-order valence-electron chi connectivity index (χ4n) is 1.83. The quantitative estimate of drug-likeness (QED) is 0.793. The van der Waals surface area contributed by atoms with Crippen molar-refractivity contribution in [3.05, 3.63) is 62.0 Å². The minimum atomic E-state index is -0.286. The molecule has 0 amide bonds. The first-order valence-electron chi connectivity index (χ1n) is 5.60. The Morgan fingerprint density at radius 2 is 1.89 bits per heavy atom. The smallest absolute Gasteiger partial charge is 0.192 e. The molecule has 1 aromatic carbocycles. The molecule has 0 N–H and O–H groups in total. The van der Waals surface area contributed by atoms with Gasteiger partial charge in [-0.15, -0.1) is 0 Å². The maximum Gasteiger partial charge on any atom is 0.192 e. The van der Waals surface area contributed by atoms with Crippen LogP contribution in [0.25, 0.3) is 5.69 Å². The summed E-state index contributed by atoms with van der Waals surface area (Å²) in [6.45, 7) is 3.14. The summed E-state index contributed by atoms with van der Waals surface area (Å²) in [5.41, 5.74) is 1.22. The SMILES string of the molecule is CC(=O)c1cn(-c2ccc(Cl)cc2Cl)c(C)cc1=O. The van der Waals surface area contributed by atoms with Crippen LogP contribution in [0.3, 0.4) is 0 Å². The van der Waals surface area contributed by atoms with E-state index in [1.807, 2.05) is 0 Å². The van der Waals surface area contributed by atoms with Gasteiger partial charge in [-0.25, -0.2) is 0 Å². The normalized spacial score (nSPS) is 10.5. The summed E-state index contributed by atoms with van der Waals surface area (Å²) in [6, 6.07) is 6.48. The van der Waals surface area contributed by atoms with Crippen molar-refractivity contribution in [2.24, 2.45) is 0 Å². The van der Waals surface area contributed by atoms with Crippen LogP contribution in [0, 0.1) is 6.92 Å². The first-order chi connectivity index (χ1) is 8.90. The van der Waals surface area contributed by atoms with Gasteiger partial charge in [-0.1, -0.05) is 23.2 Å². The molecule has 0 aliphatic rings. The zero-order valence-corrected chi connectivity index (χ0v) is 11.9. The zero-order valence-electron chi connectivity index (χ0n) is 10.4. The average Bonchev–Trinajstić information content (AvgIpc) is 2.30. The molecule has 0 saturated carbocycles. The number of Topliss-reactive ketones (excluding diaryl/α,β-unsaturated/α-hetero) is 1. The van der Waals surface area contributed by atoms with E-state index in [2.05, 4.69) is 0 Å². The summed E-state index contributed by atoms with van der Waals surface area (Å²) in [7, 11) is 0. The fourth-order valence-corrected chi connectivity index (χ4v) is 2.33. The molecule has 5 heteroatoms. The van der Waals surface area contributed by atoms with Gasteiger partial charge in [0.25, 0.3) is 0 Å². The molecule has 19 heavy (non-hydrogen) atoms. The Morgan fingerprint density at radius 1 is 1.21 bits per heavy atom. The molecule has 0 saturated heterocycles. The molecule has 1 heterocycles. The third kappa shape index (κ3) is 2.72. The number of hydrogen-bond acceptors (Lipinski definition) is 2. The van der Waals surface area contributed by atoms with E-state index in [4.69, 9.17) is 23.2 Å². The highest BCUT2D eigenvalue weighted by atomic mass is 35.5. The molecule has 2 aromatic rings. The van der Waals surface area contributed by atoms with Crippen LogP contribution in [0.2, 0.25) is 10.0 Å². The number of aryl methyl sites for hydroxylation is 1. The second kappa shape index (κ2) is 5.19. The summed E-state index contributed by atoms with van der Waals surface area (Å²) in [5.74, 6) is -0.274. The van der Waals surface area contributed by atoms with E-state index < -0.39 is 0 Å². The van der Waals surface area contributed by atoms with E-state index in [1.165, 1.54) is 19.2 Å². The predicted molar refractivity (Wildman–Crippen MR) is 76.8 cm³/mol. The van der Waals surface area contributed by atoms with Crippen LogP contribution in [-0.4, -0.2) is 10.4 Å². The van der Waals surface area contributed by atoms with Crippen molar-refractivity contribution in [1.29, 1.82) is 0 Å². The van der Waals surface area contributed by atoms with Crippen LogP contribution in [0.4, 0.5) is 0 Å². The van der Waals surface area contributed by atoms with Gasteiger partial charge in [0, 0.05) is 23.0 Å². The van der Waals surface area contributed by atoms with Crippen LogP contribution < -0.4 is 5.43 Å². The maximum absolute atomic E-state index is 11.7. The Labute approximate surface area is 120 Å². The summed E-state index contributed by atoms with van der Waals surface area (Å²) < 4.78 is 1.71. The van der Waals surface area contributed by atoms with Crippen molar-refractivity contribution >= 4 is 29.0 Å². The van der Waals surface area contributed by atoms with Crippen LogP contribution in [0.1, 0.15) is 23.0 Å². The molecule has 0 atom stereocenters. The van der Waals surface area contributed by atoms with Gasteiger partial charge in [0.05, 0.1) is 16.3 Å². The average molecular weight is 296 g/mol. The Kier molecular flexibility index (Phi) is 3.78. The summed E-state index contributed by atoms with van der Waals surface area (Å²) >= 11 is 12.0. The third-order valence-electron chi connectivity index (χ3n) is 2.79. The number of hydrogen-bond donors (Lipinski definition) is 0. The Bertz CT molecular complexity index is 720. The lowest BCUT2D eigenvalue weighted by molar-refractivity contribution is 0.101. The molecule has 0 radical (unpaired) electrons. The van der Waals surface area contributed by atoms with E-state index in [-0.39, 0.29) is 16.8 Å².